The van der Waals surface area contributed by atoms with Crippen LogP contribution in [0.2, 0.25) is 0 Å². The summed E-state index contributed by atoms with van der Waals surface area (Å²) in [4.78, 5) is 0. The van der Waals surface area contributed by atoms with Gasteiger partial charge in [-0.15, -0.1) is 12.3 Å². The number of terminal acetylenes is 1. The van der Waals surface area contributed by atoms with Crippen molar-refractivity contribution in [3.8, 4) is 12.3 Å². The van der Waals surface area contributed by atoms with E-state index in [-0.39, 0.29) is 0 Å². The van der Waals surface area contributed by atoms with Crippen molar-refractivity contribution in [1.82, 2.24) is 0 Å². The lowest BCUT2D eigenvalue weighted by Crippen LogP contribution is -1.38. The van der Waals surface area contributed by atoms with Gasteiger partial charge < -0.3 is 0 Å². The van der Waals surface area contributed by atoms with Gasteiger partial charge in [0.25, 0.3) is 0 Å². The highest BCUT2D eigenvalue weighted by Crippen LogP contribution is 1.58. The molecule has 0 rings (SSSR count). The molecular formula is C9H20. The molecule has 0 aliphatic carbocycles. The second-order valence-electron chi connectivity index (χ2n) is 1.26. The minimum absolute atomic E-state index is 0.847. The molecule has 0 spiro atoms. The van der Waals surface area contributed by atoms with Crippen LogP contribution in [0, 0.1) is 12.3 Å². The standard InChI is InChI=1S/C4H6.C3H8.C2H6/c1-3-4-2;1-3-2;1-2/h1H,4H2,2H3;3H2,1-2H3;1-2H3. The molecule has 56 valence electrons. The fraction of sp³-hybridized carbons (Fsp3) is 0.778. The summed E-state index contributed by atoms with van der Waals surface area (Å²) in [6, 6.07) is 0. The lowest BCUT2D eigenvalue weighted by Gasteiger charge is -1.52. The van der Waals surface area contributed by atoms with E-state index in [0.29, 0.717) is 0 Å². The Labute approximate surface area is 60.7 Å². The molecule has 0 saturated heterocycles. The van der Waals surface area contributed by atoms with Crippen molar-refractivity contribution in [2.24, 2.45) is 0 Å². The molecule has 0 bridgehead atoms. The number of rotatable bonds is 0. The highest BCUT2D eigenvalue weighted by atomic mass is 13.5. The van der Waals surface area contributed by atoms with Crippen molar-refractivity contribution < 1.29 is 0 Å². The van der Waals surface area contributed by atoms with Crippen LogP contribution in [-0.2, 0) is 0 Å². The second kappa shape index (κ2) is 49.6. The molecule has 0 N–H and O–H groups in total. The highest BCUT2D eigenvalue weighted by molar-refractivity contribution is 4.80. The summed E-state index contributed by atoms with van der Waals surface area (Å²) in [5.74, 6) is 2.43. The molecule has 0 aromatic rings. The van der Waals surface area contributed by atoms with E-state index in [4.69, 9.17) is 6.42 Å². The predicted octanol–water partition coefficient (Wildman–Crippen LogP) is 3.47. The van der Waals surface area contributed by atoms with Gasteiger partial charge >= 0.3 is 0 Å². The SMILES string of the molecule is C#CCC.CC.CCC. The molecule has 0 radical (unpaired) electrons. The maximum atomic E-state index is 4.78. The molecule has 9 heavy (non-hydrogen) atoms. The summed E-state index contributed by atoms with van der Waals surface area (Å²) < 4.78 is 0. The summed E-state index contributed by atoms with van der Waals surface area (Å²) in [5, 5.41) is 0. The maximum Gasteiger partial charge on any atom is 0.00576 e. The van der Waals surface area contributed by atoms with E-state index < -0.39 is 0 Å². The first-order chi connectivity index (χ1) is 4.33. The van der Waals surface area contributed by atoms with Crippen molar-refractivity contribution in [2.45, 2.75) is 47.5 Å². The Kier molecular flexibility index (Phi) is 87.3. The topological polar surface area (TPSA) is 0 Å². The zero-order valence-electron chi connectivity index (χ0n) is 7.49. The number of hydrogen-bond donors (Lipinski definition) is 0. The lowest BCUT2D eigenvalue weighted by atomic mass is 10.5. The van der Waals surface area contributed by atoms with Crippen LogP contribution in [0.25, 0.3) is 0 Å². The molecule has 0 unspecified atom stereocenters. The predicted molar refractivity (Wildman–Crippen MR) is 46.4 cm³/mol. The van der Waals surface area contributed by atoms with Gasteiger partial charge in [0.15, 0.2) is 0 Å². The van der Waals surface area contributed by atoms with Crippen molar-refractivity contribution in [2.75, 3.05) is 0 Å². The Balaban J connectivity index is -0.0000000646. The molecule has 0 amide bonds. The molecule has 0 aliphatic rings. The third-order valence-corrected chi connectivity index (χ3v) is 0.204. The third-order valence-electron chi connectivity index (χ3n) is 0.204. The monoisotopic (exact) mass is 128 g/mol. The van der Waals surface area contributed by atoms with Crippen LogP contribution in [0.15, 0.2) is 0 Å². The first-order valence-electron chi connectivity index (χ1n) is 3.76. The first kappa shape index (κ1) is 15.8. The van der Waals surface area contributed by atoms with Crippen LogP contribution in [-0.4, -0.2) is 0 Å². The van der Waals surface area contributed by atoms with Crippen LogP contribution in [0.3, 0.4) is 0 Å². The van der Waals surface area contributed by atoms with E-state index in [2.05, 4.69) is 19.8 Å². The highest BCUT2D eigenvalue weighted by Gasteiger charge is 1.43. The van der Waals surface area contributed by atoms with Crippen LogP contribution in [0.1, 0.15) is 47.5 Å². The Bertz CT molecular complexity index is 38.5. The average Bonchev–Trinajstić information content (AvgIpc) is 1.94. The van der Waals surface area contributed by atoms with Gasteiger partial charge in [-0.05, 0) is 0 Å². The maximum absolute atomic E-state index is 4.78. The number of hydrogen-bond acceptors (Lipinski definition) is 0. The van der Waals surface area contributed by atoms with Gasteiger partial charge in [0.05, 0.1) is 0 Å². The van der Waals surface area contributed by atoms with Gasteiger partial charge in [-0.25, -0.2) is 0 Å². The molecule has 0 nitrogen and oxygen atoms in total. The van der Waals surface area contributed by atoms with Gasteiger partial charge in [0.1, 0.15) is 0 Å². The lowest BCUT2D eigenvalue weighted by molar-refractivity contribution is 1.09. The molecular weight excluding hydrogens is 108 g/mol. The molecule has 0 aliphatic heterocycles. The molecule has 0 saturated carbocycles. The summed E-state index contributed by atoms with van der Waals surface area (Å²) in [6.07, 6.45) is 6.88. The molecule has 0 heteroatoms. The van der Waals surface area contributed by atoms with E-state index in [9.17, 15) is 0 Å². The van der Waals surface area contributed by atoms with E-state index in [1.54, 1.807) is 0 Å². The van der Waals surface area contributed by atoms with Crippen molar-refractivity contribution >= 4 is 0 Å². The van der Waals surface area contributed by atoms with Gasteiger partial charge in [0, 0.05) is 6.42 Å². The van der Waals surface area contributed by atoms with Crippen LogP contribution in [0.4, 0.5) is 0 Å². The minimum atomic E-state index is 0.847. The van der Waals surface area contributed by atoms with Crippen molar-refractivity contribution in [3.63, 3.8) is 0 Å². The van der Waals surface area contributed by atoms with Gasteiger partial charge in [-0.3, -0.25) is 0 Å². The molecule has 0 aromatic heterocycles. The van der Waals surface area contributed by atoms with E-state index in [1.807, 2.05) is 20.8 Å². The zero-order valence-corrected chi connectivity index (χ0v) is 7.49. The van der Waals surface area contributed by atoms with Crippen LogP contribution < -0.4 is 0 Å². The van der Waals surface area contributed by atoms with Gasteiger partial charge in [-0.1, -0.05) is 41.0 Å². The second-order valence-corrected chi connectivity index (χ2v) is 1.26. The third kappa shape index (κ3) is 745. The minimum Gasteiger partial charge on any atom is -0.120 e. The molecule has 0 fully saturated rings. The molecule has 0 atom stereocenters. The Morgan fingerprint density at radius 2 is 1.22 bits per heavy atom. The zero-order chi connectivity index (χ0) is 8.12. The summed E-state index contributed by atoms with van der Waals surface area (Å²) in [7, 11) is 0. The van der Waals surface area contributed by atoms with Crippen LogP contribution >= 0.6 is 0 Å². The van der Waals surface area contributed by atoms with Crippen molar-refractivity contribution in [1.29, 1.82) is 0 Å². The first-order valence-corrected chi connectivity index (χ1v) is 3.76. The fourth-order valence-corrected chi connectivity index (χ4v) is 0. The summed E-state index contributed by atoms with van der Waals surface area (Å²) in [6.45, 7) is 10.2. The Hall–Kier alpha value is -0.440. The van der Waals surface area contributed by atoms with Gasteiger partial charge in [0.2, 0.25) is 0 Å². The van der Waals surface area contributed by atoms with Crippen LogP contribution in [0.5, 0.6) is 0 Å². The van der Waals surface area contributed by atoms with Gasteiger partial charge in [-0.2, -0.15) is 0 Å². The van der Waals surface area contributed by atoms with E-state index >= 15 is 0 Å². The normalized spacial score (nSPS) is 4.89. The Morgan fingerprint density at radius 3 is 1.22 bits per heavy atom. The molecule has 0 heterocycles. The Morgan fingerprint density at radius 1 is 1.11 bits per heavy atom. The summed E-state index contributed by atoms with van der Waals surface area (Å²) >= 11 is 0. The average molecular weight is 128 g/mol. The quantitative estimate of drug-likeness (QED) is 0.438. The smallest absolute Gasteiger partial charge is 0.00576 e. The van der Waals surface area contributed by atoms with Crippen molar-refractivity contribution in [3.05, 3.63) is 0 Å². The fourth-order valence-electron chi connectivity index (χ4n) is 0. The van der Waals surface area contributed by atoms with E-state index in [1.165, 1.54) is 6.42 Å². The summed E-state index contributed by atoms with van der Waals surface area (Å²) in [5.41, 5.74) is 0. The largest absolute Gasteiger partial charge is 0.120 e. The molecule has 0 aromatic carbocycles. The van der Waals surface area contributed by atoms with E-state index in [0.717, 1.165) is 6.42 Å².